The lowest BCUT2D eigenvalue weighted by atomic mass is 9.86. The first-order valence-electron chi connectivity index (χ1n) is 7.38. The van der Waals surface area contributed by atoms with Gasteiger partial charge in [-0.1, -0.05) is 24.3 Å². The topological polar surface area (TPSA) is 55.1 Å². The van der Waals surface area contributed by atoms with E-state index in [1.807, 2.05) is 31.2 Å². The van der Waals surface area contributed by atoms with E-state index in [0.717, 1.165) is 11.1 Å². The summed E-state index contributed by atoms with van der Waals surface area (Å²) in [4.78, 5) is 12.1. The summed E-state index contributed by atoms with van der Waals surface area (Å²) < 4.78 is 26.2. The number of carbonyl (C=O) groups is 1. The van der Waals surface area contributed by atoms with Gasteiger partial charge < -0.3 is 11.1 Å². The minimum atomic E-state index is -2.60. The highest BCUT2D eigenvalue weighted by Crippen LogP contribution is 2.36. The molecule has 1 unspecified atom stereocenters. The van der Waals surface area contributed by atoms with E-state index in [4.69, 9.17) is 5.73 Å². The van der Waals surface area contributed by atoms with Crippen molar-refractivity contribution in [3.05, 3.63) is 35.4 Å². The fourth-order valence-corrected chi connectivity index (χ4v) is 2.66. The summed E-state index contributed by atoms with van der Waals surface area (Å²) in [5.74, 6) is -3.02. The van der Waals surface area contributed by atoms with E-state index in [-0.39, 0.29) is 43.6 Å². The Morgan fingerprint density at radius 2 is 1.90 bits per heavy atom. The van der Waals surface area contributed by atoms with Crippen molar-refractivity contribution in [3.8, 4) is 0 Å². The van der Waals surface area contributed by atoms with E-state index in [0.29, 0.717) is 6.54 Å². The summed E-state index contributed by atoms with van der Waals surface area (Å²) >= 11 is 0. The van der Waals surface area contributed by atoms with Gasteiger partial charge in [-0.2, -0.15) is 0 Å². The first kappa shape index (κ1) is 15.9. The zero-order valence-electron chi connectivity index (χ0n) is 12.2. The third-order valence-electron chi connectivity index (χ3n) is 4.16. The Morgan fingerprint density at radius 3 is 2.43 bits per heavy atom. The van der Waals surface area contributed by atoms with Crippen LogP contribution in [-0.2, 0) is 11.3 Å². The van der Waals surface area contributed by atoms with E-state index in [9.17, 15) is 13.6 Å². The van der Waals surface area contributed by atoms with Crippen LogP contribution in [0.3, 0.4) is 0 Å². The highest BCUT2D eigenvalue weighted by molar-refractivity contribution is 5.79. The lowest BCUT2D eigenvalue weighted by molar-refractivity contribution is -0.129. The fourth-order valence-electron chi connectivity index (χ4n) is 2.66. The maximum Gasteiger partial charge on any atom is 0.248 e. The van der Waals surface area contributed by atoms with Crippen molar-refractivity contribution in [1.82, 2.24) is 5.32 Å². The molecule has 5 heteroatoms. The predicted octanol–water partition coefficient (Wildman–Crippen LogP) is 3.15. The molecule has 0 spiro atoms. The van der Waals surface area contributed by atoms with Crippen LogP contribution in [0, 0.1) is 5.92 Å². The summed E-state index contributed by atoms with van der Waals surface area (Å²) in [5.41, 5.74) is 7.57. The van der Waals surface area contributed by atoms with Gasteiger partial charge in [0, 0.05) is 25.3 Å². The Bertz CT molecular complexity index is 478. The minimum Gasteiger partial charge on any atom is -0.349 e. The molecule has 116 valence electrons. The van der Waals surface area contributed by atoms with Crippen LogP contribution < -0.4 is 11.1 Å². The van der Waals surface area contributed by atoms with Crippen LogP contribution in [0.5, 0.6) is 0 Å². The lowest BCUT2D eigenvalue weighted by Crippen LogP contribution is -2.37. The molecule has 1 aromatic carbocycles. The second-order valence-corrected chi connectivity index (χ2v) is 5.81. The quantitative estimate of drug-likeness (QED) is 0.896. The van der Waals surface area contributed by atoms with Gasteiger partial charge in [-0.3, -0.25) is 4.79 Å². The zero-order valence-corrected chi connectivity index (χ0v) is 12.2. The second-order valence-electron chi connectivity index (χ2n) is 5.81. The van der Waals surface area contributed by atoms with Gasteiger partial charge in [0.15, 0.2) is 0 Å². The van der Waals surface area contributed by atoms with Crippen molar-refractivity contribution in [3.63, 3.8) is 0 Å². The molecule has 1 atom stereocenters. The molecule has 1 aliphatic rings. The number of nitrogens with one attached hydrogen (secondary N) is 1. The summed E-state index contributed by atoms with van der Waals surface area (Å²) in [5, 5.41) is 2.92. The zero-order chi connectivity index (χ0) is 15.5. The molecule has 1 fully saturated rings. The van der Waals surface area contributed by atoms with Gasteiger partial charge in [-0.15, -0.1) is 0 Å². The van der Waals surface area contributed by atoms with Crippen LogP contribution in [0.2, 0.25) is 0 Å². The fraction of sp³-hybridized carbons (Fsp3) is 0.562. The Kier molecular flexibility index (Phi) is 4.93. The molecular formula is C16H22F2N2O. The van der Waals surface area contributed by atoms with Crippen LogP contribution in [-0.4, -0.2) is 11.8 Å². The smallest absolute Gasteiger partial charge is 0.248 e. The van der Waals surface area contributed by atoms with Crippen molar-refractivity contribution in [2.75, 3.05) is 0 Å². The molecule has 0 bridgehead atoms. The normalized spacial score (nSPS) is 20.0. The van der Waals surface area contributed by atoms with Crippen molar-refractivity contribution >= 4 is 5.91 Å². The van der Waals surface area contributed by atoms with Gasteiger partial charge in [0.25, 0.3) is 0 Å². The average Bonchev–Trinajstić information content (AvgIpc) is 2.47. The molecule has 1 aromatic rings. The summed E-state index contributed by atoms with van der Waals surface area (Å²) in [7, 11) is 0. The maximum absolute atomic E-state index is 13.1. The lowest BCUT2D eigenvalue weighted by Gasteiger charge is -2.28. The van der Waals surface area contributed by atoms with Gasteiger partial charge in [0.1, 0.15) is 0 Å². The van der Waals surface area contributed by atoms with Crippen LogP contribution in [0.15, 0.2) is 24.3 Å². The molecule has 0 saturated heterocycles. The number of carbonyl (C=O) groups excluding carboxylic acids is 1. The summed E-state index contributed by atoms with van der Waals surface area (Å²) in [6.07, 6.45) is 0.144. The summed E-state index contributed by atoms with van der Waals surface area (Å²) in [6, 6.07) is 7.59. The molecule has 0 radical (unpaired) electrons. The van der Waals surface area contributed by atoms with Gasteiger partial charge in [0.05, 0.1) is 6.04 Å². The van der Waals surface area contributed by atoms with Gasteiger partial charge in [-0.05, 0) is 30.9 Å². The molecule has 1 aliphatic carbocycles. The number of benzene rings is 1. The number of hydrogen-bond donors (Lipinski definition) is 2. The Labute approximate surface area is 123 Å². The Morgan fingerprint density at radius 1 is 1.33 bits per heavy atom. The van der Waals surface area contributed by atoms with Gasteiger partial charge >= 0.3 is 0 Å². The number of rotatable bonds is 4. The molecule has 1 amide bonds. The minimum absolute atomic E-state index is 0.124. The van der Waals surface area contributed by atoms with Crippen molar-refractivity contribution in [2.24, 2.45) is 11.7 Å². The molecule has 0 aromatic heterocycles. The third-order valence-corrected chi connectivity index (χ3v) is 4.16. The number of alkyl halides is 2. The number of halogens is 2. The monoisotopic (exact) mass is 296 g/mol. The van der Waals surface area contributed by atoms with E-state index in [1.54, 1.807) is 0 Å². The molecule has 21 heavy (non-hydrogen) atoms. The summed E-state index contributed by atoms with van der Waals surface area (Å²) in [6.45, 7) is 2.38. The second kappa shape index (κ2) is 6.52. The highest BCUT2D eigenvalue weighted by Gasteiger charge is 2.37. The van der Waals surface area contributed by atoms with Crippen LogP contribution in [0.25, 0.3) is 0 Å². The molecular weight excluding hydrogens is 274 g/mol. The molecule has 0 heterocycles. The van der Waals surface area contributed by atoms with Crippen LogP contribution >= 0.6 is 0 Å². The molecule has 1 saturated carbocycles. The SMILES string of the molecule is CC(NC(=O)C1CCC(F)(F)CC1)c1ccc(CN)cc1. The van der Waals surface area contributed by atoms with E-state index >= 15 is 0 Å². The Hall–Kier alpha value is -1.49. The third kappa shape index (κ3) is 4.24. The molecule has 3 nitrogen and oxygen atoms in total. The number of hydrogen-bond acceptors (Lipinski definition) is 2. The van der Waals surface area contributed by atoms with Crippen molar-refractivity contribution in [1.29, 1.82) is 0 Å². The molecule has 2 rings (SSSR count). The van der Waals surface area contributed by atoms with E-state index in [1.165, 1.54) is 0 Å². The number of amides is 1. The predicted molar refractivity (Wildman–Crippen MR) is 77.8 cm³/mol. The molecule has 0 aliphatic heterocycles. The first-order valence-corrected chi connectivity index (χ1v) is 7.38. The highest BCUT2D eigenvalue weighted by atomic mass is 19.3. The van der Waals surface area contributed by atoms with Gasteiger partial charge in [-0.25, -0.2) is 8.78 Å². The van der Waals surface area contributed by atoms with Crippen molar-refractivity contribution < 1.29 is 13.6 Å². The largest absolute Gasteiger partial charge is 0.349 e. The maximum atomic E-state index is 13.1. The van der Waals surface area contributed by atoms with Crippen LogP contribution in [0.4, 0.5) is 8.78 Å². The van der Waals surface area contributed by atoms with E-state index < -0.39 is 5.92 Å². The average molecular weight is 296 g/mol. The molecule has 3 N–H and O–H groups in total. The van der Waals surface area contributed by atoms with Crippen LogP contribution in [0.1, 0.15) is 49.8 Å². The van der Waals surface area contributed by atoms with Crippen molar-refractivity contribution in [2.45, 2.75) is 51.1 Å². The van der Waals surface area contributed by atoms with E-state index in [2.05, 4.69) is 5.32 Å². The Balaban J connectivity index is 1.89. The van der Waals surface area contributed by atoms with Gasteiger partial charge in [0.2, 0.25) is 11.8 Å². The number of nitrogens with two attached hydrogens (primary N) is 1. The first-order chi connectivity index (χ1) is 9.91. The standard InChI is InChI=1S/C16H22F2N2O/c1-11(13-4-2-12(10-19)3-5-13)20-15(21)14-6-8-16(17,18)9-7-14/h2-5,11,14H,6-10,19H2,1H3,(H,20,21).